The van der Waals surface area contributed by atoms with E-state index in [4.69, 9.17) is 14.4 Å². The van der Waals surface area contributed by atoms with E-state index in [-0.39, 0.29) is 11.2 Å². The Morgan fingerprint density at radius 1 is 1.11 bits per heavy atom. The molecule has 2 fully saturated rings. The number of ether oxygens (including phenoxy) is 1. The maximum Gasteiger partial charge on any atom is 0.441 e. The van der Waals surface area contributed by atoms with Crippen LogP contribution >= 0.6 is 0 Å². The Hall–Kier alpha value is -2.68. The number of hydrogen-bond donors (Lipinski definition) is 2. The molecular weight excluding hydrogens is 484 g/mol. The van der Waals surface area contributed by atoms with Gasteiger partial charge in [0.2, 0.25) is 5.88 Å². The van der Waals surface area contributed by atoms with Crippen molar-refractivity contribution >= 4 is 5.97 Å². The maximum absolute atomic E-state index is 11.3. The Bertz CT molecular complexity index is 1070. The van der Waals surface area contributed by atoms with E-state index < -0.39 is 11.7 Å². The van der Waals surface area contributed by atoms with Crippen LogP contribution < -0.4 is 15.8 Å². The minimum absolute atomic E-state index is 0.0696. The van der Waals surface area contributed by atoms with Crippen molar-refractivity contribution in [3.05, 3.63) is 39.8 Å². The minimum atomic E-state index is -0.997. The second-order valence-electron chi connectivity index (χ2n) is 11.3. The van der Waals surface area contributed by atoms with E-state index in [9.17, 15) is 9.59 Å². The number of carbonyl (C=O) groups is 1. The lowest BCUT2D eigenvalue weighted by Gasteiger charge is -2.24. The lowest BCUT2D eigenvalue weighted by Crippen LogP contribution is -2.40. The molecule has 9 heteroatoms. The van der Waals surface area contributed by atoms with Gasteiger partial charge in [-0.25, -0.2) is 14.6 Å². The Balaban J connectivity index is 0.000000214. The highest BCUT2D eigenvalue weighted by atomic mass is 16.5. The summed E-state index contributed by atoms with van der Waals surface area (Å²) in [7, 11) is 1.69. The maximum atomic E-state index is 11.3. The van der Waals surface area contributed by atoms with Gasteiger partial charge in [-0.2, -0.15) is 0 Å². The number of hydrogen-bond acceptors (Lipinski definition) is 7. The third kappa shape index (κ3) is 9.57. The van der Waals surface area contributed by atoms with Crippen LogP contribution in [-0.4, -0.2) is 38.9 Å². The van der Waals surface area contributed by atoms with Gasteiger partial charge >= 0.3 is 11.7 Å². The molecule has 0 saturated heterocycles. The van der Waals surface area contributed by atoms with E-state index in [0.29, 0.717) is 30.1 Å². The van der Waals surface area contributed by atoms with Crippen molar-refractivity contribution in [1.29, 1.82) is 0 Å². The van der Waals surface area contributed by atoms with Crippen LogP contribution in [0.1, 0.15) is 126 Å². The summed E-state index contributed by atoms with van der Waals surface area (Å²) >= 11 is 0. The van der Waals surface area contributed by atoms with Gasteiger partial charge < -0.3 is 15.2 Å². The largest absolute Gasteiger partial charge is 0.477 e. The molecule has 2 aromatic heterocycles. The van der Waals surface area contributed by atoms with Crippen molar-refractivity contribution < 1.29 is 19.2 Å². The molecule has 2 saturated carbocycles. The Morgan fingerprint density at radius 3 is 2.32 bits per heavy atom. The predicted molar refractivity (Wildman–Crippen MR) is 147 cm³/mol. The molecule has 2 aromatic rings. The second-order valence-corrected chi connectivity index (χ2v) is 11.3. The summed E-state index contributed by atoms with van der Waals surface area (Å²) in [5, 5.41) is 16.2. The van der Waals surface area contributed by atoms with Crippen LogP contribution in [0.4, 0.5) is 0 Å². The lowest BCUT2D eigenvalue weighted by atomic mass is 10.0. The van der Waals surface area contributed by atoms with Gasteiger partial charge in [0, 0.05) is 12.6 Å². The van der Waals surface area contributed by atoms with Crippen LogP contribution in [-0.2, 0) is 12.6 Å². The van der Waals surface area contributed by atoms with Crippen LogP contribution in [0.2, 0.25) is 0 Å². The van der Waals surface area contributed by atoms with Crippen molar-refractivity contribution in [2.45, 2.75) is 109 Å². The van der Waals surface area contributed by atoms with Crippen LogP contribution in [0.3, 0.4) is 0 Å². The number of carboxylic acid groups (broad SMARTS) is 1. The zero-order valence-electron chi connectivity index (χ0n) is 23.6. The third-order valence-corrected chi connectivity index (χ3v) is 7.24. The average Bonchev–Trinajstić information content (AvgIpc) is 3.81. The zero-order valence-corrected chi connectivity index (χ0v) is 23.6. The SMILES string of the molecule is CCCCCCCCCCNC(C)(C)c1noc(=O)n1C.O=C(O)c1ccc(C2CC2)c(OCC2CC2)n1. The molecule has 4 rings (SSSR count). The summed E-state index contributed by atoms with van der Waals surface area (Å²) in [4.78, 5) is 26.3. The molecule has 0 bridgehead atoms. The van der Waals surface area contributed by atoms with Gasteiger partial charge in [-0.1, -0.05) is 63.1 Å². The van der Waals surface area contributed by atoms with Crippen molar-refractivity contribution in [2.75, 3.05) is 13.2 Å². The Morgan fingerprint density at radius 2 is 1.76 bits per heavy atom. The van der Waals surface area contributed by atoms with Crippen LogP contribution in [0, 0.1) is 5.92 Å². The highest BCUT2D eigenvalue weighted by Crippen LogP contribution is 2.44. The van der Waals surface area contributed by atoms with Crippen molar-refractivity contribution in [2.24, 2.45) is 13.0 Å². The van der Waals surface area contributed by atoms with Gasteiger partial charge in [0.15, 0.2) is 11.5 Å². The minimum Gasteiger partial charge on any atom is -0.477 e. The molecule has 0 amide bonds. The van der Waals surface area contributed by atoms with Gasteiger partial charge in [0.05, 0.1) is 12.1 Å². The molecule has 0 aliphatic heterocycles. The van der Waals surface area contributed by atoms with E-state index in [2.05, 4.69) is 22.4 Å². The summed E-state index contributed by atoms with van der Waals surface area (Å²) in [6.07, 6.45) is 15.3. The lowest BCUT2D eigenvalue weighted by molar-refractivity contribution is 0.0689. The summed E-state index contributed by atoms with van der Waals surface area (Å²) < 4.78 is 11.8. The predicted octanol–water partition coefficient (Wildman–Crippen LogP) is 5.78. The van der Waals surface area contributed by atoms with E-state index in [1.54, 1.807) is 13.1 Å². The number of unbranched alkanes of at least 4 members (excludes halogenated alkanes) is 7. The number of pyridine rings is 1. The normalized spacial score (nSPS) is 15.2. The van der Waals surface area contributed by atoms with Gasteiger partial charge in [-0.15, -0.1) is 0 Å². The van der Waals surface area contributed by atoms with Gasteiger partial charge in [0.25, 0.3) is 0 Å². The topological polar surface area (TPSA) is 119 Å². The first-order valence-electron chi connectivity index (χ1n) is 14.4. The number of aromatic carboxylic acids is 1. The molecule has 9 nitrogen and oxygen atoms in total. The molecule has 0 unspecified atom stereocenters. The number of carboxylic acids is 1. The molecular formula is C29H46N4O5. The van der Waals surface area contributed by atoms with Crippen LogP contribution in [0.15, 0.2) is 21.5 Å². The average molecular weight is 531 g/mol. The van der Waals surface area contributed by atoms with E-state index in [0.717, 1.165) is 31.4 Å². The quantitative estimate of drug-likeness (QED) is 0.262. The van der Waals surface area contributed by atoms with Crippen LogP contribution in [0.25, 0.3) is 0 Å². The van der Waals surface area contributed by atoms with E-state index in [1.807, 2.05) is 19.9 Å². The smallest absolute Gasteiger partial charge is 0.441 e. The molecule has 0 spiro atoms. The van der Waals surface area contributed by atoms with Crippen molar-refractivity contribution in [3.8, 4) is 5.88 Å². The molecule has 0 radical (unpaired) electrons. The fourth-order valence-corrected chi connectivity index (χ4v) is 4.44. The summed E-state index contributed by atoms with van der Waals surface area (Å²) in [6.45, 7) is 7.90. The third-order valence-electron chi connectivity index (χ3n) is 7.24. The first-order valence-corrected chi connectivity index (χ1v) is 14.4. The molecule has 2 N–H and O–H groups in total. The number of rotatable bonds is 16. The summed E-state index contributed by atoms with van der Waals surface area (Å²) in [5.74, 6) is 0.957. The molecule has 2 heterocycles. The Labute approximate surface area is 226 Å². The highest BCUT2D eigenvalue weighted by Gasteiger charge is 2.30. The van der Waals surface area contributed by atoms with Crippen molar-refractivity contribution in [1.82, 2.24) is 20.0 Å². The molecule has 2 aliphatic carbocycles. The standard InChI is InChI=1S/C16H31N3O2.C13H15NO3/c1-5-6-7-8-9-10-11-12-13-17-16(2,3)14-18-21-15(20)19(14)4;15-13(16)11-6-5-10(9-3-4-9)12(14-11)17-7-8-1-2-8/h17H,5-13H2,1-4H3;5-6,8-9H,1-4,7H2,(H,15,16). The number of nitrogens with zero attached hydrogens (tertiary/aromatic N) is 3. The number of nitrogens with one attached hydrogen (secondary N) is 1. The second kappa shape index (κ2) is 14.5. The summed E-state index contributed by atoms with van der Waals surface area (Å²) in [5.41, 5.74) is 0.804. The van der Waals surface area contributed by atoms with Gasteiger partial charge in [-0.05, 0) is 70.4 Å². The zero-order chi connectivity index (χ0) is 27.5. The molecule has 2 aliphatic rings. The van der Waals surface area contributed by atoms with Crippen LogP contribution in [0.5, 0.6) is 5.88 Å². The van der Waals surface area contributed by atoms with E-state index >= 15 is 0 Å². The van der Waals surface area contributed by atoms with Gasteiger partial charge in [-0.3, -0.25) is 9.09 Å². The van der Waals surface area contributed by atoms with Gasteiger partial charge in [0.1, 0.15) is 0 Å². The number of aromatic nitrogens is 3. The summed E-state index contributed by atoms with van der Waals surface area (Å²) in [6, 6.07) is 3.43. The highest BCUT2D eigenvalue weighted by molar-refractivity contribution is 5.85. The molecule has 38 heavy (non-hydrogen) atoms. The Kier molecular flexibility index (Phi) is 11.4. The molecule has 0 aromatic carbocycles. The first kappa shape index (κ1) is 29.9. The van der Waals surface area contributed by atoms with E-state index in [1.165, 1.54) is 62.4 Å². The van der Waals surface area contributed by atoms with Crippen molar-refractivity contribution in [3.63, 3.8) is 0 Å². The molecule has 0 atom stereocenters. The monoisotopic (exact) mass is 530 g/mol. The molecule has 212 valence electrons. The first-order chi connectivity index (χ1) is 18.2. The fraction of sp³-hybridized carbons (Fsp3) is 0.724. The fourth-order valence-electron chi connectivity index (χ4n) is 4.44.